The van der Waals surface area contributed by atoms with Crippen molar-refractivity contribution < 1.29 is 0 Å². The van der Waals surface area contributed by atoms with Crippen LogP contribution in [-0.2, 0) is 6.42 Å². The van der Waals surface area contributed by atoms with Gasteiger partial charge in [0, 0.05) is 38.2 Å². The zero-order valence-electron chi connectivity index (χ0n) is 18.7. The summed E-state index contributed by atoms with van der Waals surface area (Å²) in [5.74, 6) is 0.754. The number of nitrogens with zero attached hydrogens (tertiary/aromatic N) is 3. The van der Waals surface area contributed by atoms with Crippen molar-refractivity contribution in [2.45, 2.75) is 25.7 Å². The van der Waals surface area contributed by atoms with Gasteiger partial charge in [0.2, 0.25) is 0 Å². The Morgan fingerprint density at radius 3 is 2.62 bits per heavy atom. The van der Waals surface area contributed by atoms with E-state index in [-0.39, 0.29) is 0 Å². The maximum Gasteiger partial charge on any atom is 0.173 e. The lowest BCUT2D eigenvalue weighted by molar-refractivity contribution is 0.569. The summed E-state index contributed by atoms with van der Waals surface area (Å²) >= 11 is 0. The van der Waals surface area contributed by atoms with Gasteiger partial charge in [-0.3, -0.25) is 9.98 Å². The van der Waals surface area contributed by atoms with E-state index >= 15 is 0 Å². The Labute approximate surface area is 190 Å². The molecular formula is C27H31N5. The van der Waals surface area contributed by atoms with Crippen LogP contribution in [0.1, 0.15) is 36.0 Å². The molecule has 0 saturated carbocycles. The summed E-state index contributed by atoms with van der Waals surface area (Å²) < 4.78 is 1.95. The quantitative estimate of drug-likeness (QED) is 0.406. The Balaban J connectivity index is 1.87. The fourth-order valence-corrected chi connectivity index (χ4v) is 4.27. The number of hydrogen-bond acceptors (Lipinski definition) is 4. The van der Waals surface area contributed by atoms with E-state index in [4.69, 9.17) is 5.41 Å². The molecule has 1 saturated heterocycles. The Kier molecular flexibility index (Phi) is 6.85. The molecule has 0 atom stereocenters. The first-order chi connectivity index (χ1) is 15.7. The molecule has 1 fully saturated rings. The molecule has 0 bridgehead atoms. The first-order valence-electron chi connectivity index (χ1n) is 11.3. The van der Waals surface area contributed by atoms with Gasteiger partial charge in [0.15, 0.2) is 11.3 Å². The number of piperidine rings is 1. The van der Waals surface area contributed by atoms with Crippen molar-refractivity contribution >= 4 is 23.3 Å². The van der Waals surface area contributed by atoms with Crippen molar-refractivity contribution in [2.24, 2.45) is 0 Å². The standard InChI is InChI=1S/C27H31N5/c1-3-10-22-20-23(13-14-24(22)29-2)25(19-21-11-6-4-7-12-21)32-18-15-30-27(26(32)28)31-16-8-5-9-17-31/h3-4,6-7,11-15,18-20,28-29H,1,5,8-10,16-17H2,2H3/b25-19+,28-26?. The maximum absolute atomic E-state index is 9.03. The summed E-state index contributed by atoms with van der Waals surface area (Å²) in [6.45, 7) is 5.84. The minimum Gasteiger partial charge on any atom is -0.388 e. The van der Waals surface area contributed by atoms with Gasteiger partial charge in [-0.1, -0.05) is 42.5 Å². The molecular weight excluding hydrogens is 394 g/mol. The van der Waals surface area contributed by atoms with Crippen LogP contribution in [0.4, 0.5) is 11.5 Å². The first-order valence-corrected chi connectivity index (χ1v) is 11.3. The van der Waals surface area contributed by atoms with Gasteiger partial charge in [-0.2, -0.15) is 0 Å². The molecule has 0 amide bonds. The molecule has 5 nitrogen and oxygen atoms in total. The summed E-state index contributed by atoms with van der Waals surface area (Å²) in [4.78, 5) is 6.83. The van der Waals surface area contributed by atoms with Gasteiger partial charge < -0.3 is 10.2 Å². The van der Waals surface area contributed by atoms with Crippen LogP contribution in [0.2, 0.25) is 0 Å². The number of hydrogen-bond donors (Lipinski definition) is 2. The van der Waals surface area contributed by atoms with Crippen LogP contribution < -0.4 is 15.7 Å². The molecule has 1 aliphatic heterocycles. The summed E-state index contributed by atoms with van der Waals surface area (Å²) in [6.07, 6.45) is 12.1. The minimum atomic E-state index is 0.416. The molecule has 2 N–H and O–H groups in total. The molecule has 0 radical (unpaired) electrons. The molecule has 0 spiro atoms. The minimum absolute atomic E-state index is 0.416. The third-order valence-corrected chi connectivity index (χ3v) is 5.92. The molecule has 1 aliphatic rings. The van der Waals surface area contributed by atoms with Crippen LogP contribution >= 0.6 is 0 Å². The second-order valence-electron chi connectivity index (χ2n) is 8.07. The van der Waals surface area contributed by atoms with Crippen molar-refractivity contribution in [3.63, 3.8) is 0 Å². The normalized spacial score (nSPS) is 14.3. The highest BCUT2D eigenvalue weighted by atomic mass is 15.2. The smallest absolute Gasteiger partial charge is 0.173 e. The Hall–Kier alpha value is -3.60. The zero-order chi connectivity index (χ0) is 22.3. The SMILES string of the molecule is C=CCc1cc(/C(=C\c2ccccc2)n2ccnc(N3CCCCC3)c2=N)ccc1NC. The van der Waals surface area contributed by atoms with Gasteiger partial charge in [-0.15, -0.1) is 6.58 Å². The van der Waals surface area contributed by atoms with Crippen molar-refractivity contribution in [2.75, 3.05) is 30.4 Å². The summed E-state index contributed by atoms with van der Waals surface area (Å²) in [7, 11) is 1.94. The van der Waals surface area contributed by atoms with Gasteiger partial charge in [-0.05, 0) is 60.6 Å². The molecule has 3 aromatic rings. The van der Waals surface area contributed by atoms with Crippen molar-refractivity contribution in [3.8, 4) is 0 Å². The second-order valence-corrected chi connectivity index (χ2v) is 8.07. The van der Waals surface area contributed by atoms with E-state index in [0.717, 1.165) is 60.7 Å². The van der Waals surface area contributed by atoms with Crippen LogP contribution in [0.25, 0.3) is 11.8 Å². The van der Waals surface area contributed by atoms with Crippen LogP contribution in [-0.4, -0.2) is 29.7 Å². The molecule has 4 rings (SSSR count). The molecule has 5 heteroatoms. The Bertz CT molecular complexity index is 1150. The third kappa shape index (κ3) is 4.67. The lowest BCUT2D eigenvalue weighted by Crippen LogP contribution is -2.36. The first kappa shape index (κ1) is 21.6. The van der Waals surface area contributed by atoms with Crippen molar-refractivity contribution in [3.05, 3.63) is 95.8 Å². The average molecular weight is 426 g/mol. The van der Waals surface area contributed by atoms with E-state index in [1.165, 1.54) is 12.0 Å². The van der Waals surface area contributed by atoms with Gasteiger partial charge in [0.25, 0.3) is 0 Å². The Morgan fingerprint density at radius 2 is 1.91 bits per heavy atom. The zero-order valence-corrected chi connectivity index (χ0v) is 18.7. The van der Waals surface area contributed by atoms with Crippen LogP contribution in [0.15, 0.2) is 73.6 Å². The predicted octanol–water partition coefficient (Wildman–Crippen LogP) is 5.17. The van der Waals surface area contributed by atoms with Crippen LogP contribution in [0.3, 0.4) is 0 Å². The topological polar surface area (TPSA) is 56.9 Å². The predicted molar refractivity (Wildman–Crippen MR) is 134 cm³/mol. The molecule has 32 heavy (non-hydrogen) atoms. The van der Waals surface area contributed by atoms with E-state index in [0.29, 0.717) is 5.49 Å². The molecule has 0 unspecified atom stereocenters. The number of allylic oxidation sites excluding steroid dienone is 1. The molecule has 2 heterocycles. The van der Waals surface area contributed by atoms with Gasteiger partial charge in [0.05, 0.1) is 5.70 Å². The third-order valence-electron chi connectivity index (χ3n) is 5.92. The molecule has 0 aliphatic carbocycles. The van der Waals surface area contributed by atoms with E-state index in [1.807, 2.05) is 48.3 Å². The van der Waals surface area contributed by atoms with Gasteiger partial charge in [0.1, 0.15) is 0 Å². The molecule has 164 valence electrons. The summed E-state index contributed by atoms with van der Waals surface area (Å²) in [5.41, 5.74) is 5.78. The largest absolute Gasteiger partial charge is 0.388 e. The van der Waals surface area contributed by atoms with Crippen LogP contribution in [0.5, 0.6) is 0 Å². The number of nitrogens with one attached hydrogen (secondary N) is 2. The average Bonchev–Trinajstić information content (AvgIpc) is 2.84. The summed E-state index contributed by atoms with van der Waals surface area (Å²) in [5, 5.41) is 12.3. The van der Waals surface area contributed by atoms with Crippen molar-refractivity contribution in [1.82, 2.24) is 9.55 Å². The van der Waals surface area contributed by atoms with Gasteiger partial charge in [-0.25, -0.2) is 4.98 Å². The highest BCUT2D eigenvalue weighted by Gasteiger charge is 2.17. The molecule has 1 aromatic heterocycles. The van der Waals surface area contributed by atoms with Crippen molar-refractivity contribution in [1.29, 1.82) is 5.41 Å². The monoisotopic (exact) mass is 425 g/mol. The Morgan fingerprint density at radius 1 is 1.12 bits per heavy atom. The number of benzene rings is 2. The second kappa shape index (κ2) is 10.1. The van der Waals surface area contributed by atoms with E-state index < -0.39 is 0 Å². The summed E-state index contributed by atoms with van der Waals surface area (Å²) in [6, 6.07) is 16.7. The van der Waals surface area contributed by atoms with E-state index in [2.05, 4.69) is 58.2 Å². The van der Waals surface area contributed by atoms with Gasteiger partial charge >= 0.3 is 0 Å². The highest BCUT2D eigenvalue weighted by Crippen LogP contribution is 2.26. The van der Waals surface area contributed by atoms with E-state index in [1.54, 1.807) is 0 Å². The fourth-order valence-electron chi connectivity index (χ4n) is 4.27. The number of anilines is 2. The van der Waals surface area contributed by atoms with Crippen LogP contribution in [0, 0.1) is 5.41 Å². The lowest BCUT2D eigenvalue weighted by atomic mass is 10.0. The lowest BCUT2D eigenvalue weighted by Gasteiger charge is -2.28. The van der Waals surface area contributed by atoms with E-state index in [9.17, 15) is 0 Å². The highest BCUT2D eigenvalue weighted by molar-refractivity contribution is 5.82. The molecule has 2 aromatic carbocycles. The number of aromatic nitrogens is 2. The maximum atomic E-state index is 9.03. The fraction of sp³-hybridized carbons (Fsp3) is 0.259. The number of rotatable bonds is 7.